The van der Waals surface area contributed by atoms with E-state index in [1.54, 1.807) is 0 Å². The first kappa shape index (κ1) is 6.70. The van der Waals surface area contributed by atoms with Crippen molar-refractivity contribution >= 4 is 25.4 Å². The van der Waals surface area contributed by atoms with Crippen molar-refractivity contribution in [2.45, 2.75) is 19.4 Å². The third-order valence-electron chi connectivity index (χ3n) is 0.737. The van der Waals surface area contributed by atoms with Crippen LogP contribution in [0.3, 0.4) is 0 Å². The summed E-state index contributed by atoms with van der Waals surface area (Å²) in [6, 6.07) is 1.51. The number of hydrogen-bond acceptors (Lipinski definition) is 0. The normalized spacial score (nSPS) is 11.0. The fraction of sp³-hybridized carbons (Fsp3) is 1.00. The first-order chi connectivity index (χ1) is 2.91. The minimum absolute atomic E-state index is 0.338. The molecule has 0 fully saturated rings. The zero-order chi connectivity index (χ0) is 4.83. The van der Waals surface area contributed by atoms with E-state index in [0.717, 1.165) is 0 Å². The molecule has 0 spiro atoms. The average Bonchev–Trinajstić information content (AvgIpc) is 1.61. The fourth-order valence-corrected chi connectivity index (χ4v) is 2.22. The summed E-state index contributed by atoms with van der Waals surface area (Å²) in [5.74, 6) is 0. The van der Waals surface area contributed by atoms with Gasteiger partial charge < -0.3 is 0 Å². The van der Waals surface area contributed by atoms with E-state index in [4.69, 9.17) is 0 Å². The lowest BCUT2D eigenvalue weighted by Crippen LogP contribution is -1.86. The lowest BCUT2D eigenvalue weighted by Gasteiger charge is -1.83. The van der Waals surface area contributed by atoms with Gasteiger partial charge in [-0.15, -0.1) is 0 Å². The van der Waals surface area contributed by atoms with Crippen LogP contribution in [-0.2, 0) is 0 Å². The molecule has 0 aliphatic rings. The van der Waals surface area contributed by atoms with Crippen molar-refractivity contribution in [3.63, 3.8) is 0 Å². The van der Waals surface area contributed by atoms with Gasteiger partial charge in [-0.1, -0.05) is 35.3 Å². The Kier molecular flexibility index (Phi) is 6.36. The Bertz CT molecular complexity index is 19.5. The molecule has 0 atom stereocenters. The zero-order valence-corrected chi connectivity index (χ0v) is 7.21. The molecule has 0 aromatic rings. The van der Waals surface area contributed by atoms with E-state index in [1.807, 2.05) is 0 Å². The lowest BCUT2D eigenvalue weighted by molar-refractivity contribution is 1.07. The van der Waals surface area contributed by atoms with Crippen LogP contribution in [0.5, 0.6) is 0 Å². The van der Waals surface area contributed by atoms with Crippen LogP contribution in [0.2, 0.25) is 6.04 Å². The summed E-state index contributed by atoms with van der Waals surface area (Å²) in [6.07, 6.45) is 1.39. The van der Waals surface area contributed by atoms with E-state index < -0.39 is 0 Å². The van der Waals surface area contributed by atoms with Gasteiger partial charge in [0.25, 0.3) is 0 Å². The molecule has 0 radical (unpaired) electrons. The molecular weight excluding hydrogens is 156 g/mol. The third-order valence-corrected chi connectivity index (χ3v) is 3.89. The quantitative estimate of drug-likeness (QED) is 0.338. The van der Waals surface area contributed by atoms with Crippen molar-refractivity contribution < 1.29 is 0 Å². The summed E-state index contributed by atoms with van der Waals surface area (Å²) >= 11 is 3.41. The van der Waals surface area contributed by atoms with Crippen molar-refractivity contribution in [2.75, 3.05) is 4.95 Å². The average molecular weight is 167 g/mol. The summed E-state index contributed by atoms with van der Waals surface area (Å²) < 4.78 is 0. The van der Waals surface area contributed by atoms with Crippen LogP contribution in [0.15, 0.2) is 0 Å². The van der Waals surface area contributed by atoms with E-state index in [-0.39, 0.29) is 0 Å². The van der Waals surface area contributed by atoms with E-state index in [1.165, 1.54) is 17.4 Å². The molecule has 6 heavy (non-hydrogen) atoms. The smallest absolute Gasteiger partial charge is 0.0325 e. The molecule has 0 nitrogen and oxygen atoms in total. The van der Waals surface area contributed by atoms with Gasteiger partial charge in [-0.25, -0.2) is 0 Å². The Hall–Kier alpha value is 0.697. The van der Waals surface area contributed by atoms with Crippen LogP contribution in [0.25, 0.3) is 0 Å². The van der Waals surface area contributed by atoms with Crippen LogP contribution >= 0.6 is 15.9 Å². The van der Waals surface area contributed by atoms with Crippen LogP contribution in [0.4, 0.5) is 0 Å². The second kappa shape index (κ2) is 5.70. The van der Waals surface area contributed by atoms with Gasteiger partial charge >= 0.3 is 0 Å². The molecule has 0 aromatic carbocycles. The van der Waals surface area contributed by atoms with Gasteiger partial charge in [-0.2, -0.15) is 0 Å². The third kappa shape index (κ3) is 4.70. The molecule has 0 unspecified atom stereocenters. The highest BCUT2D eigenvalue weighted by atomic mass is 79.9. The van der Waals surface area contributed by atoms with Gasteiger partial charge in [-0.3, -0.25) is 0 Å². The van der Waals surface area contributed by atoms with Gasteiger partial charge in [0.1, 0.15) is 0 Å². The highest BCUT2D eigenvalue weighted by Gasteiger charge is 1.78. The highest BCUT2D eigenvalue weighted by molar-refractivity contribution is 9.09. The molecule has 0 amide bonds. The van der Waals surface area contributed by atoms with Gasteiger partial charge in [0.15, 0.2) is 0 Å². The van der Waals surface area contributed by atoms with E-state index >= 15 is 0 Å². The molecular formula is C4H11BrSi. The topological polar surface area (TPSA) is 0 Å². The molecule has 38 valence electrons. The van der Waals surface area contributed by atoms with Crippen LogP contribution in [0.1, 0.15) is 13.3 Å². The minimum Gasteiger partial charge on any atom is -0.0969 e. The first-order valence-corrected chi connectivity index (χ1v) is 5.60. The SMILES string of the molecule is CCC[SiH2]CBr. The summed E-state index contributed by atoms with van der Waals surface area (Å²) in [6.45, 7) is 2.25. The molecule has 0 aliphatic carbocycles. The summed E-state index contributed by atoms with van der Waals surface area (Å²) in [7, 11) is 0.338. The van der Waals surface area contributed by atoms with Gasteiger partial charge in [-0.05, 0) is 4.95 Å². The largest absolute Gasteiger partial charge is 0.0969 e. The van der Waals surface area contributed by atoms with Crippen molar-refractivity contribution in [1.29, 1.82) is 0 Å². The molecule has 0 bridgehead atoms. The van der Waals surface area contributed by atoms with Crippen LogP contribution < -0.4 is 0 Å². The Balaban J connectivity index is 2.34. The fourth-order valence-electron chi connectivity index (χ4n) is 0.344. The molecule has 2 heteroatoms. The molecule has 0 saturated heterocycles. The lowest BCUT2D eigenvalue weighted by atomic mass is 10.6. The number of alkyl halides is 1. The van der Waals surface area contributed by atoms with Gasteiger partial charge in [0.05, 0.1) is 0 Å². The van der Waals surface area contributed by atoms with E-state index in [0.29, 0.717) is 9.52 Å². The second-order valence-corrected chi connectivity index (χ2v) is 5.57. The van der Waals surface area contributed by atoms with Crippen LogP contribution in [0, 0.1) is 0 Å². The Morgan fingerprint density at radius 2 is 2.33 bits per heavy atom. The van der Waals surface area contributed by atoms with Gasteiger partial charge in [0, 0.05) is 9.52 Å². The minimum atomic E-state index is 0.338. The first-order valence-electron chi connectivity index (χ1n) is 2.47. The van der Waals surface area contributed by atoms with Crippen LogP contribution in [-0.4, -0.2) is 14.5 Å². The molecule has 0 aromatic heterocycles. The maximum absolute atomic E-state index is 3.41. The molecule has 0 N–H and O–H groups in total. The summed E-state index contributed by atoms with van der Waals surface area (Å²) in [5.41, 5.74) is 0. The predicted molar refractivity (Wildman–Crippen MR) is 37.4 cm³/mol. The molecule has 0 rings (SSSR count). The summed E-state index contributed by atoms with van der Waals surface area (Å²) in [5, 5.41) is 0. The molecule has 0 saturated carbocycles. The predicted octanol–water partition coefficient (Wildman–Crippen LogP) is 1.34. The highest BCUT2D eigenvalue weighted by Crippen LogP contribution is 1.86. The summed E-state index contributed by atoms with van der Waals surface area (Å²) in [4.78, 5) is 1.31. The number of halogens is 1. The Labute approximate surface area is 50.3 Å². The van der Waals surface area contributed by atoms with E-state index in [2.05, 4.69) is 22.9 Å². The standard InChI is InChI=1S/C4H11BrSi/c1-2-3-6-4-5/h2-4,6H2,1H3. The molecule has 0 heterocycles. The Morgan fingerprint density at radius 1 is 1.67 bits per heavy atom. The van der Waals surface area contributed by atoms with Gasteiger partial charge in [0.2, 0.25) is 0 Å². The maximum Gasteiger partial charge on any atom is 0.0325 e. The van der Waals surface area contributed by atoms with Crippen molar-refractivity contribution in [3.8, 4) is 0 Å². The van der Waals surface area contributed by atoms with Crippen molar-refractivity contribution in [3.05, 3.63) is 0 Å². The second-order valence-electron chi connectivity index (χ2n) is 1.40. The zero-order valence-electron chi connectivity index (χ0n) is 4.21. The van der Waals surface area contributed by atoms with Crippen molar-refractivity contribution in [2.24, 2.45) is 0 Å². The van der Waals surface area contributed by atoms with Crippen molar-refractivity contribution in [1.82, 2.24) is 0 Å². The Morgan fingerprint density at radius 3 is 2.50 bits per heavy atom. The number of hydrogen-bond donors (Lipinski definition) is 0. The molecule has 0 aliphatic heterocycles. The van der Waals surface area contributed by atoms with E-state index in [9.17, 15) is 0 Å². The monoisotopic (exact) mass is 166 g/mol. The maximum atomic E-state index is 3.41. The number of rotatable bonds is 3.